The van der Waals surface area contributed by atoms with E-state index in [2.05, 4.69) is 0 Å². The highest BCUT2D eigenvalue weighted by atomic mass is 16.6. The second kappa shape index (κ2) is 4.68. The number of ketones is 1. The van der Waals surface area contributed by atoms with E-state index in [0.29, 0.717) is 0 Å². The third-order valence-corrected chi connectivity index (χ3v) is 2.52. The van der Waals surface area contributed by atoms with Crippen molar-refractivity contribution in [2.24, 2.45) is 0 Å². The van der Waals surface area contributed by atoms with Gasteiger partial charge >= 0.3 is 6.09 Å². The number of amides is 1. The number of nitrogens with zero attached hydrogens (tertiary/aromatic N) is 1. The van der Waals surface area contributed by atoms with E-state index in [1.165, 1.54) is 4.90 Å². The number of carbonyl (C=O) groups is 3. The number of ether oxygens (including phenoxy) is 2. The Morgan fingerprint density at radius 1 is 1.39 bits per heavy atom. The fraction of sp³-hybridized carbons (Fsp3) is 0.750. The molecule has 1 aliphatic heterocycles. The molecule has 1 heterocycles. The fourth-order valence-corrected chi connectivity index (χ4v) is 1.75. The number of Topliss-reactive ketones (excluding diaryl/α,β-unsaturated/α-hetero) is 1. The maximum absolute atomic E-state index is 12.1. The van der Waals surface area contributed by atoms with Crippen LogP contribution < -0.4 is 0 Å². The number of hydrogen-bond acceptors (Lipinski definition) is 5. The van der Waals surface area contributed by atoms with Gasteiger partial charge in [0.2, 0.25) is 5.78 Å². The van der Waals surface area contributed by atoms with Crippen LogP contribution in [0.5, 0.6) is 0 Å². The summed E-state index contributed by atoms with van der Waals surface area (Å²) < 4.78 is 10.6. The first kappa shape index (κ1) is 14.6. The molecule has 0 aromatic heterocycles. The molecule has 1 atom stereocenters. The minimum Gasteiger partial charge on any atom is -0.444 e. The van der Waals surface area contributed by atoms with Gasteiger partial charge in [-0.3, -0.25) is 14.5 Å². The molecule has 102 valence electrons. The van der Waals surface area contributed by atoms with E-state index in [-0.39, 0.29) is 12.9 Å². The summed E-state index contributed by atoms with van der Waals surface area (Å²) in [7, 11) is 0. The average molecular weight is 257 g/mol. The standard InChI is InChI=1S/C12H19NO5/c1-11(2,3)18-10(16)13-8(9(15)6-14)7-17-12(13,4)5/h6,8H,7H2,1-5H3/t8-/m0/s1. The molecule has 0 spiro atoms. The van der Waals surface area contributed by atoms with Crippen molar-refractivity contribution in [2.45, 2.75) is 52.0 Å². The third-order valence-electron chi connectivity index (χ3n) is 2.52. The maximum atomic E-state index is 12.1. The van der Waals surface area contributed by atoms with E-state index in [4.69, 9.17) is 9.47 Å². The van der Waals surface area contributed by atoms with Crippen molar-refractivity contribution in [1.82, 2.24) is 4.90 Å². The van der Waals surface area contributed by atoms with Gasteiger partial charge in [-0.1, -0.05) is 0 Å². The predicted molar refractivity (Wildman–Crippen MR) is 63.0 cm³/mol. The largest absolute Gasteiger partial charge is 0.444 e. The summed E-state index contributed by atoms with van der Waals surface area (Å²) in [4.78, 5) is 35.3. The first-order valence-corrected chi connectivity index (χ1v) is 5.74. The van der Waals surface area contributed by atoms with Crippen LogP contribution in [0.25, 0.3) is 0 Å². The molecule has 0 saturated carbocycles. The van der Waals surface area contributed by atoms with Crippen molar-refractivity contribution in [2.75, 3.05) is 6.61 Å². The second-order valence-electron chi connectivity index (χ2n) is 5.64. The van der Waals surface area contributed by atoms with Gasteiger partial charge < -0.3 is 9.47 Å². The van der Waals surface area contributed by atoms with Crippen LogP contribution in [0, 0.1) is 0 Å². The van der Waals surface area contributed by atoms with E-state index in [0.717, 1.165) is 0 Å². The summed E-state index contributed by atoms with van der Waals surface area (Å²) in [5.74, 6) is -0.688. The van der Waals surface area contributed by atoms with Gasteiger partial charge in [-0.25, -0.2) is 4.79 Å². The van der Waals surface area contributed by atoms with Crippen LogP contribution >= 0.6 is 0 Å². The molecule has 6 heteroatoms. The summed E-state index contributed by atoms with van der Waals surface area (Å²) in [6, 6.07) is -0.910. The molecule has 0 aromatic carbocycles. The summed E-state index contributed by atoms with van der Waals surface area (Å²) in [5, 5.41) is 0. The molecule has 0 aromatic rings. The third kappa shape index (κ3) is 3.07. The Labute approximate surface area is 106 Å². The van der Waals surface area contributed by atoms with Crippen LogP contribution in [0.2, 0.25) is 0 Å². The van der Waals surface area contributed by atoms with Gasteiger partial charge in [0.1, 0.15) is 17.4 Å². The van der Waals surface area contributed by atoms with E-state index in [9.17, 15) is 14.4 Å². The molecule has 0 bridgehead atoms. The average Bonchev–Trinajstić information content (AvgIpc) is 2.50. The van der Waals surface area contributed by atoms with Gasteiger partial charge in [-0.2, -0.15) is 0 Å². The monoisotopic (exact) mass is 257 g/mol. The van der Waals surface area contributed by atoms with Crippen LogP contribution in [-0.4, -0.2) is 47.0 Å². The Bertz CT molecular complexity index is 369. The zero-order valence-corrected chi connectivity index (χ0v) is 11.4. The molecular formula is C12H19NO5. The molecule has 18 heavy (non-hydrogen) atoms. The van der Waals surface area contributed by atoms with Crippen molar-refractivity contribution >= 4 is 18.2 Å². The SMILES string of the molecule is CC(C)(C)OC(=O)N1[C@H](C(=O)C=O)COC1(C)C. The fourth-order valence-electron chi connectivity index (χ4n) is 1.75. The molecule has 0 radical (unpaired) electrons. The van der Waals surface area contributed by atoms with E-state index < -0.39 is 29.2 Å². The summed E-state index contributed by atoms with van der Waals surface area (Å²) in [6.07, 6.45) is -0.461. The Balaban J connectivity index is 2.95. The molecule has 1 fully saturated rings. The molecule has 1 rings (SSSR count). The van der Waals surface area contributed by atoms with Gasteiger partial charge in [-0.15, -0.1) is 0 Å². The molecule has 1 amide bonds. The minimum absolute atomic E-state index is 0.00379. The minimum atomic E-state index is -0.967. The molecule has 0 unspecified atom stereocenters. The lowest BCUT2D eigenvalue weighted by atomic mass is 10.1. The van der Waals surface area contributed by atoms with Crippen LogP contribution in [-0.2, 0) is 19.1 Å². The van der Waals surface area contributed by atoms with E-state index >= 15 is 0 Å². The topological polar surface area (TPSA) is 72.9 Å². The smallest absolute Gasteiger partial charge is 0.413 e. The van der Waals surface area contributed by atoms with Crippen LogP contribution in [0.3, 0.4) is 0 Å². The molecule has 0 N–H and O–H groups in total. The number of rotatable bonds is 2. The van der Waals surface area contributed by atoms with Gasteiger partial charge in [0.15, 0.2) is 6.29 Å². The highest BCUT2D eigenvalue weighted by Gasteiger charge is 2.48. The van der Waals surface area contributed by atoms with Crippen LogP contribution in [0.15, 0.2) is 0 Å². The van der Waals surface area contributed by atoms with Crippen molar-refractivity contribution in [1.29, 1.82) is 0 Å². The van der Waals surface area contributed by atoms with Crippen molar-refractivity contribution < 1.29 is 23.9 Å². The predicted octanol–water partition coefficient (Wildman–Crippen LogP) is 1.13. The van der Waals surface area contributed by atoms with Gasteiger partial charge in [0.05, 0.1) is 6.61 Å². The number of aldehydes is 1. The first-order valence-electron chi connectivity index (χ1n) is 5.74. The summed E-state index contributed by atoms with van der Waals surface area (Å²) >= 11 is 0. The Morgan fingerprint density at radius 2 is 1.94 bits per heavy atom. The summed E-state index contributed by atoms with van der Waals surface area (Å²) in [5.41, 5.74) is -1.64. The Kier molecular flexibility index (Phi) is 3.81. The summed E-state index contributed by atoms with van der Waals surface area (Å²) in [6.45, 7) is 8.48. The van der Waals surface area contributed by atoms with Crippen LogP contribution in [0.4, 0.5) is 4.79 Å². The molecule has 1 aliphatic rings. The Hall–Kier alpha value is -1.43. The van der Waals surface area contributed by atoms with E-state index in [1.807, 2.05) is 0 Å². The molecular weight excluding hydrogens is 238 g/mol. The lowest BCUT2D eigenvalue weighted by Gasteiger charge is -2.34. The zero-order chi connectivity index (χ0) is 14.1. The highest BCUT2D eigenvalue weighted by molar-refractivity contribution is 6.28. The molecule has 0 aliphatic carbocycles. The molecule has 1 saturated heterocycles. The van der Waals surface area contributed by atoms with Crippen LogP contribution in [0.1, 0.15) is 34.6 Å². The second-order valence-corrected chi connectivity index (χ2v) is 5.64. The normalized spacial score (nSPS) is 22.7. The van der Waals surface area contributed by atoms with Gasteiger partial charge in [0, 0.05) is 0 Å². The van der Waals surface area contributed by atoms with Crippen molar-refractivity contribution in [3.63, 3.8) is 0 Å². The van der Waals surface area contributed by atoms with E-state index in [1.54, 1.807) is 34.6 Å². The van der Waals surface area contributed by atoms with Gasteiger partial charge in [-0.05, 0) is 34.6 Å². The zero-order valence-electron chi connectivity index (χ0n) is 11.4. The molecule has 6 nitrogen and oxygen atoms in total. The quantitative estimate of drug-likeness (QED) is 0.547. The first-order chi connectivity index (χ1) is 8.08. The van der Waals surface area contributed by atoms with Crippen molar-refractivity contribution in [3.05, 3.63) is 0 Å². The number of hydrogen-bond donors (Lipinski definition) is 0. The lowest BCUT2D eigenvalue weighted by molar-refractivity contribution is -0.133. The highest BCUT2D eigenvalue weighted by Crippen LogP contribution is 2.29. The Morgan fingerprint density at radius 3 is 2.39 bits per heavy atom. The number of carbonyl (C=O) groups excluding carboxylic acids is 3. The maximum Gasteiger partial charge on any atom is 0.413 e. The van der Waals surface area contributed by atoms with Gasteiger partial charge in [0.25, 0.3) is 0 Å². The van der Waals surface area contributed by atoms with Crippen molar-refractivity contribution in [3.8, 4) is 0 Å². The lowest BCUT2D eigenvalue weighted by Crippen LogP contribution is -2.52.